The Morgan fingerprint density at radius 2 is 1.64 bits per heavy atom. The largest absolute Gasteiger partial charge is 0.486 e. The van der Waals surface area contributed by atoms with Crippen LogP contribution in [-0.2, 0) is 16.1 Å². The van der Waals surface area contributed by atoms with Gasteiger partial charge in [-0.1, -0.05) is 30.3 Å². The Morgan fingerprint density at radius 3 is 2.42 bits per heavy atom. The van der Waals surface area contributed by atoms with E-state index in [4.69, 9.17) is 14.2 Å². The van der Waals surface area contributed by atoms with Gasteiger partial charge in [0.15, 0.2) is 17.6 Å². The van der Waals surface area contributed by atoms with Crippen molar-refractivity contribution in [3.05, 3.63) is 89.0 Å². The summed E-state index contributed by atoms with van der Waals surface area (Å²) in [7, 11) is 0. The number of carbonyl (C=O) groups is 4. The van der Waals surface area contributed by atoms with E-state index in [1.807, 2.05) is 30.3 Å². The molecule has 0 fully saturated rings. The zero-order valence-corrected chi connectivity index (χ0v) is 19.4. The summed E-state index contributed by atoms with van der Waals surface area (Å²) in [6.45, 7) is 2.44. The molecule has 0 bridgehead atoms. The first-order valence-corrected chi connectivity index (χ1v) is 11.4. The van der Waals surface area contributed by atoms with E-state index < -0.39 is 29.8 Å². The van der Waals surface area contributed by atoms with E-state index in [1.165, 1.54) is 25.1 Å². The fourth-order valence-corrected chi connectivity index (χ4v) is 3.97. The number of rotatable bonds is 6. The summed E-state index contributed by atoms with van der Waals surface area (Å²) in [5.41, 5.74) is 1.68. The van der Waals surface area contributed by atoms with Crippen molar-refractivity contribution >= 4 is 29.4 Å². The van der Waals surface area contributed by atoms with Crippen LogP contribution in [-0.4, -0.2) is 47.9 Å². The second-order valence-electron chi connectivity index (χ2n) is 8.34. The number of ether oxygens (including phenoxy) is 3. The monoisotopic (exact) mass is 486 g/mol. The Morgan fingerprint density at radius 1 is 0.917 bits per heavy atom. The summed E-state index contributed by atoms with van der Waals surface area (Å²) in [6, 6.07) is 18.3. The Kier molecular flexibility index (Phi) is 6.12. The topological polar surface area (TPSA) is 111 Å². The molecule has 9 nitrogen and oxygen atoms in total. The number of fused-ring (bicyclic) bond motifs is 2. The van der Waals surface area contributed by atoms with Gasteiger partial charge in [0.05, 0.1) is 23.2 Å². The Hall–Kier alpha value is -4.66. The van der Waals surface area contributed by atoms with E-state index in [0.717, 1.165) is 10.5 Å². The first kappa shape index (κ1) is 23.1. The van der Waals surface area contributed by atoms with Gasteiger partial charge in [-0.25, -0.2) is 4.79 Å². The van der Waals surface area contributed by atoms with E-state index in [0.29, 0.717) is 30.4 Å². The highest BCUT2D eigenvalue weighted by Gasteiger charge is 2.36. The van der Waals surface area contributed by atoms with Gasteiger partial charge in [-0.15, -0.1) is 0 Å². The Balaban J connectivity index is 1.24. The van der Waals surface area contributed by atoms with Gasteiger partial charge in [0.25, 0.3) is 17.7 Å². The molecule has 36 heavy (non-hydrogen) atoms. The minimum absolute atomic E-state index is 0.0652. The first-order valence-electron chi connectivity index (χ1n) is 11.4. The molecular formula is C27H22N2O7. The smallest absolute Gasteiger partial charge is 0.338 e. The fourth-order valence-electron chi connectivity index (χ4n) is 3.97. The zero-order valence-electron chi connectivity index (χ0n) is 19.4. The molecule has 0 aliphatic carbocycles. The van der Waals surface area contributed by atoms with Crippen molar-refractivity contribution in [2.45, 2.75) is 19.6 Å². The number of nitrogens with one attached hydrogen (secondary N) is 1. The molecule has 2 heterocycles. The molecule has 2 aliphatic rings. The average molecular weight is 486 g/mol. The lowest BCUT2D eigenvalue weighted by atomic mass is 10.1. The number of benzene rings is 3. The number of nitrogens with zero attached hydrogens (tertiary/aromatic N) is 1. The third kappa shape index (κ3) is 4.50. The second-order valence-corrected chi connectivity index (χ2v) is 8.34. The third-order valence-electron chi connectivity index (χ3n) is 5.85. The summed E-state index contributed by atoms with van der Waals surface area (Å²) >= 11 is 0. The maximum atomic E-state index is 12.9. The molecule has 1 atom stereocenters. The summed E-state index contributed by atoms with van der Waals surface area (Å²) < 4.78 is 16.3. The molecular weight excluding hydrogens is 464 g/mol. The van der Waals surface area contributed by atoms with Crippen LogP contribution < -0.4 is 14.8 Å². The number of anilines is 1. The second kappa shape index (κ2) is 9.53. The van der Waals surface area contributed by atoms with Gasteiger partial charge in [-0.3, -0.25) is 19.3 Å². The summed E-state index contributed by atoms with van der Waals surface area (Å²) in [4.78, 5) is 52.1. The van der Waals surface area contributed by atoms with Crippen LogP contribution in [0.25, 0.3) is 0 Å². The third-order valence-corrected chi connectivity index (χ3v) is 5.85. The summed E-state index contributed by atoms with van der Waals surface area (Å²) in [5.74, 6) is -1.14. The highest BCUT2D eigenvalue weighted by Crippen LogP contribution is 2.32. The van der Waals surface area contributed by atoms with E-state index in [1.54, 1.807) is 18.2 Å². The number of carbonyl (C=O) groups excluding carboxylic acids is 4. The molecule has 182 valence electrons. The minimum atomic E-state index is -1.12. The van der Waals surface area contributed by atoms with Crippen molar-refractivity contribution in [3.8, 4) is 11.5 Å². The van der Waals surface area contributed by atoms with E-state index in [-0.39, 0.29) is 23.2 Å². The molecule has 3 aromatic rings. The number of hydrogen-bond donors (Lipinski definition) is 1. The fraction of sp³-hybridized carbons (Fsp3) is 0.185. The van der Waals surface area contributed by atoms with Crippen molar-refractivity contribution < 1.29 is 33.4 Å². The SMILES string of the molecule is CC(OC(=O)c1ccc2c(c1)C(=O)N(Cc1ccccc1)C2=O)C(=O)Nc1ccc2c(c1)OCCO2. The van der Waals surface area contributed by atoms with Crippen LogP contribution in [0.1, 0.15) is 43.6 Å². The predicted molar refractivity (Wildman–Crippen MR) is 128 cm³/mol. The normalized spacial score (nSPS) is 14.8. The molecule has 0 aromatic heterocycles. The van der Waals surface area contributed by atoms with Crippen molar-refractivity contribution in [2.75, 3.05) is 18.5 Å². The maximum absolute atomic E-state index is 12.9. The van der Waals surface area contributed by atoms with Crippen LogP contribution >= 0.6 is 0 Å². The maximum Gasteiger partial charge on any atom is 0.338 e. The lowest BCUT2D eigenvalue weighted by Gasteiger charge is -2.19. The number of amides is 3. The van der Waals surface area contributed by atoms with Gasteiger partial charge in [-0.05, 0) is 42.8 Å². The molecule has 1 N–H and O–H groups in total. The minimum Gasteiger partial charge on any atom is -0.486 e. The van der Waals surface area contributed by atoms with E-state index in [9.17, 15) is 19.2 Å². The first-order chi connectivity index (χ1) is 17.4. The van der Waals surface area contributed by atoms with Crippen LogP contribution in [0.15, 0.2) is 66.7 Å². The molecule has 2 aliphatic heterocycles. The molecule has 0 saturated carbocycles. The van der Waals surface area contributed by atoms with Crippen LogP contribution in [0.2, 0.25) is 0 Å². The molecule has 3 aromatic carbocycles. The standard InChI is InChI=1S/C27H22N2O7/c1-16(24(30)28-19-8-10-22-23(14-19)35-12-11-34-22)36-27(33)18-7-9-20-21(13-18)26(32)29(25(20)31)15-17-5-3-2-4-6-17/h2-10,13-14,16H,11-12,15H2,1H3,(H,28,30). The van der Waals surface area contributed by atoms with Gasteiger partial charge in [0, 0.05) is 11.8 Å². The number of esters is 1. The van der Waals surface area contributed by atoms with Crippen molar-refractivity contribution in [2.24, 2.45) is 0 Å². The van der Waals surface area contributed by atoms with Gasteiger partial charge < -0.3 is 19.5 Å². The molecule has 0 radical (unpaired) electrons. The van der Waals surface area contributed by atoms with Gasteiger partial charge in [0.1, 0.15) is 13.2 Å². The Labute approximate surface area is 206 Å². The van der Waals surface area contributed by atoms with Gasteiger partial charge in [-0.2, -0.15) is 0 Å². The summed E-state index contributed by atoms with van der Waals surface area (Å²) in [5, 5.41) is 2.67. The number of imide groups is 1. The highest BCUT2D eigenvalue weighted by atomic mass is 16.6. The van der Waals surface area contributed by atoms with Gasteiger partial charge in [0.2, 0.25) is 0 Å². The molecule has 5 rings (SSSR count). The van der Waals surface area contributed by atoms with Crippen LogP contribution in [0, 0.1) is 0 Å². The Bertz CT molecular complexity index is 1370. The lowest BCUT2D eigenvalue weighted by molar-refractivity contribution is -0.123. The molecule has 9 heteroatoms. The van der Waals surface area contributed by atoms with Crippen molar-refractivity contribution in [1.82, 2.24) is 4.90 Å². The molecule has 1 unspecified atom stereocenters. The average Bonchev–Trinajstić information content (AvgIpc) is 3.13. The zero-order chi connectivity index (χ0) is 25.2. The van der Waals surface area contributed by atoms with Crippen LogP contribution in [0.5, 0.6) is 11.5 Å². The van der Waals surface area contributed by atoms with Crippen molar-refractivity contribution in [1.29, 1.82) is 0 Å². The van der Waals surface area contributed by atoms with E-state index in [2.05, 4.69) is 5.32 Å². The van der Waals surface area contributed by atoms with Crippen molar-refractivity contribution in [3.63, 3.8) is 0 Å². The molecule has 0 saturated heterocycles. The van der Waals surface area contributed by atoms with Crippen LogP contribution in [0.4, 0.5) is 5.69 Å². The van der Waals surface area contributed by atoms with Gasteiger partial charge >= 0.3 is 5.97 Å². The quantitative estimate of drug-likeness (QED) is 0.420. The summed E-state index contributed by atoms with van der Waals surface area (Å²) in [6.07, 6.45) is -1.12. The number of hydrogen-bond acceptors (Lipinski definition) is 7. The molecule has 0 spiro atoms. The van der Waals surface area contributed by atoms with Crippen LogP contribution in [0.3, 0.4) is 0 Å². The molecule has 3 amide bonds. The predicted octanol–water partition coefficient (Wildman–Crippen LogP) is 3.44. The highest BCUT2D eigenvalue weighted by molar-refractivity contribution is 6.21. The van der Waals surface area contributed by atoms with E-state index >= 15 is 0 Å². The lowest BCUT2D eigenvalue weighted by Crippen LogP contribution is -2.30.